The molecule has 264 valence electrons. The van der Waals surface area contributed by atoms with Crippen LogP contribution in [-0.4, -0.2) is 63.3 Å². The third-order valence-corrected chi connectivity index (χ3v) is 7.08. The number of aromatic nitrogens is 4. The predicted molar refractivity (Wildman–Crippen MR) is 190 cm³/mol. The van der Waals surface area contributed by atoms with E-state index in [1.165, 1.54) is 6.07 Å². The zero-order valence-electron chi connectivity index (χ0n) is 27.6. The average molecular weight is 815 g/mol. The molecule has 14 nitrogen and oxygen atoms in total. The molecular formula is C38H30CdN4O10. The minimum absolute atomic E-state index is 0. The molecule has 0 spiro atoms. The maximum Gasteiger partial charge on any atom is 2.00 e. The molecule has 8 rings (SSSR count). The molecule has 4 aromatic heterocycles. The fourth-order valence-corrected chi connectivity index (χ4v) is 4.73. The van der Waals surface area contributed by atoms with Gasteiger partial charge in [0.25, 0.3) is 0 Å². The van der Waals surface area contributed by atoms with Crippen molar-refractivity contribution in [3.8, 4) is 23.0 Å². The molecule has 0 unspecified atom stereocenters. The second-order valence-corrected chi connectivity index (χ2v) is 10.4. The van der Waals surface area contributed by atoms with Crippen LogP contribution in [0.15, 0.2) is 134 Å². The number of fused-ring (bicyclic) bond motifs is 6. The third-order valence-electron chi connectivity index (χ3n) is 7.08. The molecule has 0 saturated heterocycles. The normalized spacial score (nSPS) is 9.66. The predicted octanol–water partition coefficient (Wildman–Crippen LogP) is 3.54. The standard InChI is InChI=1S/2C12H8N2.2C7H6O4.Cd.2H2O/c2*1-3-9-5-6-10-4-2-8-14-12(10)11(9)13-7-1;2*8-4-1-2-6(9)5(3-4)7(10)11;;;/h2*1-8H;2*1-3,8-9H,(H,10,11);;2*1H2/q;;;;+2;;/p-2. The minimum Gasteiger partial charge on any atom is -0.872 e. The number of phenols is 3. The van der Waals surface area contributed by atoms with E-state index in [9.17, 15) is 19.8 Å². The number of carboxylic acid groups (broad SMARTS) is 2. The van der Waals surface area contributed by atoms with Gasteiger partial charge in [-0.1, -0.05) is 60.3 Å². The summed E-state index contributed by atoms with van der Waals surface area (Å²) in [6, 6.07) is 30.5. The van der Waals surface area contributed by atoms with Crippen LogP contribution in [0, 0.1) is 0 Å². The summed E-state index contributed by atoms with van der Waals surface area (Å²) in [5.41, 5.74) is 3.09. The van der Waals surface area contributed by atoms with E-state index in [2.05, 4.69) is 68.5 Å². The number of benzene rings is 4. The first kappa shape index (κ1) is 42.7. The van der Waals surface area contributed by atoms with Gasteiger partial charge in [0.15, 0.2) is 0 Å². The van der Waals surface area contributed by atoms with Crippen LogP contribution in [0.4, 0.5) is 0 Å². The number of phenolic OH excluding ortho intramolecular Hbond substituents is 2. The van der Waals surface area contributed by atoms with Gasteiger partial charge in [0.2, 0.25) is 0 Å². The Morgan fingerprint density at radius 2 is 0.849 bits per heavy atom. The molecule has 15 heteroatoms. The van der Waals surface area contributed by atoms with E-state index < -0.39 is 34.6 Å². The first-order valence-electron chi connectivity index (χ1n) is 14.8. The molecule has 8 aromatic rings. The van der Waals surface area contributed by atoms with Crippen molar-refractivity contribution in [1.29, 1.82) is 0 Å². The quantitative estimate of drug-likeness (QED) is 0.111. The fourth-order valence-electron chi connectivity index (χ4n) is 4.73. The summed E-state index contributed by atoms with van der Waals surface area (Å²) in [5, 5.41) is 60.3. The van der Waals surface area contributed by atoms with Gasteiger partial charge in [-0.2, -0.15) is 0 Å². The van der Waals surface area contributed by atoms with Crippen molar-refractivity contribution in [3.05, 3.63) is 145 Å². The van der Waals surface area contributed by atoms with Gasteiger partial charge in [-0.25, -0.2) is 4.79 Å². The van der Waals surface area contributed by atoms with Crippen LogP contribution in [0.5, 0.6) is 23.0 Å². The first-order chi connectivity index (χ1) is 24.1. The molecule has 4 heterocycles. The third kappa shape index (κ3) is 10.7. The second kappa shape index (κ2) is 19.8. The van der Waals surface area contributed by atoms with Crippen LogP contribution < -0.4 is 10.2 Å². The number of nitrogens with zero attached hydrogens (tertiary/aromatic N) is 4. The van der Waals surface area contributed by atoms with Gasteiger partial charge < -0.3 is 46.4 Å². The molecule has 0 amide bonds. The number of carbonyl (C=O) groups is 2. The van der Waals surface area contributed by atoms with Crippen molar-refractivity contribution in [2.45, 2.75) is 0 Å². The monoisotopic (exact) mass is 816 g/mol. The Morgan fingerprint density at radius 1 is 0.509 bits per heavy atom. The Labute approximate surface area is 320 Å². The number of aromatic hydroxyl groups is 3. The van der Waals surface area contributed by atoms with E-state index in [1.807, 2.05) is 24.3 Å². The Kier molecular flexibility index (Phi) is 15.9. The molecule has 0 radical (unpaired) electrons. The van der Waals surface area contributed by atoms with E-state index in [0.717, 1.165) is 73.9 Å². The number of aromatic carboxylic acids is 2. The summed E-state index contributed by atoms with van der Waals surface area (Å²) >= 11 is 0. The van der Waals surface area contributed by atoms with Crippen LogP contribution in [0.1, 0.15) is 20.7 Å². The Bertz CT molecular complexity index is 2200. The van der Waals surface area contributed by atoms with Crippen LogP contribution >= 0.6 is 0 Å². The maximum atomic E-state index is 10.7. The van der Waals surface area contributed by atoms with E-state index in [-0.39, 0.29) is 49.8 Å². The van der Waals surface area contributed by atoms with Crippen molar-refractivity contribution in [1.82, 2.24) is 19.9 Å². The molecule has 0 saturated carbocycles. The molecule has 0 aliphatic rings. The number of pyridine rings is 4. The topological polar surface area (TPSA) is 276 Å². The summed E-state index contributed by atoms with van der Waals surface area (Å²) in [6.45, 7) is 0. The molecular weight excluding hydrogens is 785 g/mol. The number of hydrogen-bond donors (Lipinski definition) is 4. The Balaban J connectivity index is 0.000000242. The zero-order valence-corrected chi connectivity index (χ0v) is 31.7. The summed E-state index contributed by atoms with van der Waals surface area (Å²) in [4.78, 5) is 37.8. The van der Waals surface area contributed by atoms with Crippen LogP contribution in [0.2, 0.25) is 0 Å². The van der Waals surface area contributed by atoms with E-state index in [1.54, 1.807) is 24.8 Å². The van der Waals surface area contributed by atoms with E-state index in [4.69, 9.17) is 20.4 Å². The van der Waals surface area contributed by atoms with Crippen molar-refractivity contribution < 1.29 is 78.5 Å². The van der Waals surface area contributed by atoms with Crippen molar-refractivity contribution >= 4 is 55.6 Å². The summed E-state index contributed by atoms with van der Waals surface area (Å²) < 4.78 is 0. The van der Waals surface area contributed by atoms with E-state index in [0.29, 0.717) is 0 Å². The molecule has 53 heavy (non-hydrogen) atoms. The van der Waals surface area contributed by atoms with Gasteiger partial charge in [-0.05, 0) is 54.6 Å². The first-order valence-corrected chi connectivity index (χ1v) is 14.8. The largest absolute Gasteiger partial charge is 2.00 e. The van der Waals surface area contributed by atoms with Gasteiger partial charge in [0.1, 0.15) is 17.2 Å². The molecule has 0 aliphatic heterocycles. The average Bonchev–Trinajstić information content (AvgIpc) is 3.14. The molecule has 4 aromatic carbocycles. The number of carbonyl (C=O) groups excluding carboxylic acids is 1. The van der Waals surface area contributed by atoms with Crippen LogP contribution in [0.25, 0.3) is 43.6 Å². The molecule has 0 aliphatic carbocycles. The van der Waals surface area contributed by atoms with Crippen molar-refractivity contribution in [3.63, 3.8) is 0 Å². The van der Waals surface area contributed by atoms with Gasteiger partial charge in [-0.15, -0.1) is 0 Å². The number of rotatable bonds is 2. The summed E-state index contributed by atoms with van der Waals surface area (Å²) in [5.74, 6) is -4.30. The van der Waals surface area contributed by atoms with Gasteiger partial charge >= 0.3 is 33.3 Å². The summed E-state index contributed by atoms with van der Waals surface area (Å²) in [7, 11) is 0. The number of carboxylic acids is 2. The Morgan fingerprint density at radius 3 is 1.15 bits per heavy atom. The van der Waals surface area contributed by atoms with Gasteiger partial charge in [-0.3, -0.25) is 19.9 Å². The van der Waals surface area contributed by atoms with Gasteiger partial charge in [0.05, 0.1) is 33.6 Å². The second-order valence-electron chi connectivity index (χ2n) is 10.4. The molecule has 8 N–H and O–H groups in total. The maximum absolute atomic E-state index is 10.7. The molecule has 0 fully saturated rings. The fraction of sp³-hybridized carbons (Fsp3) is 0. The van der Waals surface area contributed by atoms with E-state index >= 15 is 0 Å². The zero-order chi connectivity index (χ0) is 35.6. The molecule has 0 bridgehead atoms. The van der Waals surface area contributed by atoms with Gasteiger partial charge in [0, 0.05) is 51.9 Å². The van der Waals surface area contributed by atoms with Crippen LogP contribution in [0.3, 0.4) is 0 Å². The minimum atomic E-state index is -1.52. The Hall–Kier alpha value is -6.50. The molecule has 0 atom stereocenters. The summed E-state index contributed by atoms with van der Waals surface area (Å²) in [6.07, 6.45) is 7.21. The SMILES string of the molecule is O.O.O=C(O)c1cc(O)ccc1[O-].O=C([O-])c1cc(O)ccc1O.[Cd+2].c1cnc2c(c1)ccc1cccnc12.c1cnc2c(c1)ccc1cccnc12. The van der Waals surface area contributed by atoms with Crippen molar-refractivity contribution in [2.24, 2.45) is 0 Å². The number of hydrogen-bond acceptors (Lipinski definition) is 11. The van der Waals surface area contributed by atoms with Crippen molar-refractivity contribution in [2.75, 3.05) is 0 Å². The smallest absolute Gasteiger partial charge is 0.872 e. The van der Waals surface area contributed by atoms with Crippen LogP contribution in [-0.2, 0) is 27.3 Å².